The van der Waals surface area contributed by atoms with Crippen LogP contribution in [0.4, 0.5) is 11.4 Å². The third-order valence-corrected chi connectivity index (χ3v) is 6.88. The maximum atomic E-state index is 13.1. The number of nitrogens with two attached hydrogens (primary N) is 1. The fraction of sp³-hybridized carbons (Fsp3) is 0.280. The van der Waals surface area contributed by atoms with Gasteiger partial charge in [-0.3, -0.25) is 4.31 Å². The number of nitrogens with zero attached hydrogens (tertiary/aromatic N) is 1. The summed E-state index contributed by atoms with van der Waals surface area (Å²) in [5.41, 5.74) is 10.2. The van der Waals surface area contributed by atoms with Crippen LogP contribution >= 0.6 is 0 Å². The molecule has 0 bridgehead atoms. The second-order valence-electron chi connectivity index (χ2n) is 8.22. The summed E-state index contributed by atoms with van der Waals surface area (Å²) in [6.07, 6.45) is 0.444. The smallest absolute Gasteiger partial charge is 0.232 e. The first kappa shape index (κ1) is 23.6. The van der Waals surface area contributed by atoms with Crippen molar-refractivity contribution in [3.63, 3.8) is 0 Å². The van der Waals surface area contributed by atoms with Crippen LogP contribution in [-0.2, 0) is 16.4 Å². The van der Waals surface area contributed by atoms with E-state index in [-0.39, 0.29) is 22.7 Å². The van der Waals surface area contributed by atoms with E-state index < -0.39 is 22.2 Å². The van der Waals surface area contributed by atoms with Gasteiger partial charge in [-0.2, -0.15) is 0 Å². The Hall–Kier alpha value is -3.03. The molecule has 0 fully saturated rings. The largest absolute Gasteiger partial charge is 0.505 e. The summed E-state index contributed by atoms with van der Waals surface area (Å²) < 4.78 is 27.5. The molecule has 0 aliphatic rings. The summed E-state index contributed by atoms with van der Waals surface area (Å²) in [5.74, 6) is -0.340. The van der Waals surface area contributed by atoms with Crippen LogP contribution in [0.25, 0.3) is 0 Å². The molecule has 2 unspecified atom stereocenters. The highest BCUT2D eigenvalue weighted by Crippen LogP contribution is 2.43. The number of aliphatic hydroxyl groups is 1. The molecule has 0 spiro atoms. The number of aromatic hydroxyl groups is 1. The second-order valence-corrected chi connectivity index (χ2v) is 10.1. The van der Waals surface area contributed by atoms with Crippen LogP contribution in [0.2, 0.25) is 0 Å². The lowest BCUT2D eigenvalue weighted by molar-refractivity contribution is 0.196. The lowest BCUT2D eigenvalue weighted by atomic mass is 9.95. The van der Waals surface area contributed by atoms with Crippen LogP contribution in [0.3, 0.4) is 0 Å². The fourth-order valence-electron chi connectivity index (χ4n) is 3.95. The van der Waals surface area contributed by atoms with Crippen molar-refractivity contribution in [3.05, 3.63) is 88.5 Å². The molecule has 7 heteroatoms. The van der Waals surface area contributed by atoms with Gasteiger partial charge in [-0.05, 0) is 61.6 Å². The number of nitrogen functional groups attached to an aromatic ring is 1. The molecule has 3 aromatic rings. The van der Waals surface area contributed by atoms with Gasteiger partial charge in [0.25, 0.3) is 0 Å². The summed E-state index contributed by atoms with van der Waals surface area (Å²) in [4.78, 5) is 0. The first-order valence-electron chi connectivity index (χ1n) is 10.4. The zero-order chi connectivity index (χ0) is 23.6. The van der Waals surface area contributed by atoms with E-state index in [9.17, 15) is 18.6 Å². The van der Waals surface area contributed by atoms with Gasteiger partial charge in [-0.25, -0.2) is 8.42 Å². The molecule has 0 amide bonds. The number of aliphatic hydroxyl groups excluding tert-OH is 1. The molecule has 0 aromatic heterocycles. The van der Waals surface area contributed by atoms with Gasteiger partial charge < -0.3 is 15.9 Å². The van der Waals surface area contributed by atoms with Crippen molar-refractivity contribution in [1.82, 2.24) is 0 Å². The van der Waals surface area contributed by atoms with Crippen LogP contribution in [-0.4, -0.2) is 24.9 Å². The van der Waals surface area contributed by atoms with Gasteiger partial charge in [0.2, 0.25) is 10.0 Å². The number of phenols is 1. The Kier molecular flexibility index (Phi) is 6.81. The summed E-state index contributed by atoms with van der Waals surface area (Å²) in [7, 11) is -3.84. The van der Waals surface area contributed by atoms with E-state index >= 15 is 0 Å². The third kappa shape index (κ3) is 4.89. The Balaban J connectivity index is 2.27. The molecule has 0 aliphatic carbocycles. The van der Waals surface area contributed by atoms with E-state index in [2.05, 4.69) is 0 Å². The summed E-state index contributed by atoms with van der Waals surface area (Å²) in [6, 6.07) is 17.8. The molecular weight excluding hydrogens is 424 g/mol. The molecule has 0 saturated heterocycles. The van der Waals surface area contributed by atoms with E-state index in [4.69, 9.17) is 5.73 Å². The first-order valence-corrected chi connectivity index (χ1v) is 12.3. The van der Waals surface area contributed by atoms with E-state index in [1.54, 1.807) is 0 Å². The van der Waals surface area contributed by atoms with E-state index in [0.717, 1.165) is 28.5 Å². The van der Waals surface area contributed by atoms with Crippen molar-refractivity contribution < 1.29 is 18.6 Å². The third-order valence-electron chi connectivity index (χ3n) is 5.71. The molecule has 4 N–H and O–H groups in total. The van der Waals surface area contributed by atoms with Crippen molar-refractivity contribution in [2.75, 3.05) is 16.3 Å². The molecule has 3 rings (SSSR count). The molecule has 0 aliphatic heterocycles. The lowest BCUT2D eigenvalue weighted by Gasteiger charge is -2.33. The monoisotopic (exact) mass is 454 g/mol. The Morgan fingerprint density at radius 2 is 1.66 bits per heavy atom. The maximum absolute atomic E-state index is 13.1. The highest BCUT2D eigenvalue weighted by atomic mass is 32.2. The van der Waals surface area contributed by atoms with Crippen molar-refractivity contribution in [1.29, 1.82) is 0 Å². The van der Waals surface area contributed by atoms with Gasteiger partial charge in [0.15, 0.2) is 0 Å². The minimum Gasteiger partial charge on any atom is -0.505 e. The average molecular weight is 455 g/mol. The Labute approximate surface area is 190 Å². The zero-order valence-electron chi connectivity index (χ0n) is 18.8. The van der Waals surface area contributed by atoms with Crippen LogP contribution in [0, 0.1) is 13.8 Å². The number of phenolic OH excluding ortho intramolecular Hbond substituents is 1. The molecule has 0 saturated carbocycles. The van der Waals surface area contributed by atoms with E-state index in [0.29, 0.717) is 6.42 Å². The summed E-state index contributed by atoms with van der Waals surface area (Å²) in [5, 5.41) is 21.1. The van der Waals surface area contributed by atoms with Gasteiger partial charge >= 0.3 is 0 Å². The normalized spacial score (nSPS) is 13.5. The topological polar surface area (TPSA) is 104 Å². The minimum absolute atomic E-state index is 0.0803. The van der Waals surface area contributed by atoms with Crippen LogP contribution in [0.15, 0.2) is 60.7 Å². The highest BCUT2D eigenvalue weighted by Gasteiger charge is 2.32. The van der Waals surface area contributed by atoms with Crippen LogP contribution < -0.4 is 10.0 Å². The quantitative estimate of drug-likeness (QED) is 0.459. The predicted molar refractivity (Wildman–Crippen MR) is 129 cm³/mol. The zero-order valence-corrected chi connectivity index (χ0v) is 19.6. The van der Waals surface area contributed by atoms with Gasteiger partial charge in [0, 0.05) is 11.3 Å². The molecule has 3 aromatic carbocycles. The SMILES string of the molecule is Cc1ccc(C(Cc2ccccc2)N(c2ccc(N)c(C(C)O)c2O)S(C)(=O)=O)cc1C. The second kappa shape index (κ2) is 9.22. The number of hydrogen-bond donors (Lipinski definition) is 3. The number of sulfonamides is 1. The van der Waals surface area contributed by atoms with Crippen LogP contribution in [0.5, 0.6) is 5.75 Å². The fourth-order valence-corrected chi connectivity index (χ4v) is 5.12. The molecule has 2 atom stereocenters. The molecule has 170 valence electrons. The van der Waals surface area contributed by atoms with Crippen molar-refractivity contribution >= 4 is 21.4 Å². The average Bonchev–Trinajstić information content (AvgIpc) is 2.71. The molecule has 0 radical (unpaired) electrons. The van der Waals surface area contributed by atoms with E-state index in [1.165, 1.54) is 23.4 Å². The number of benzene rings is 3. The minimum atomic E-state index is -3.84. The first-order chi connectivity index (χ1) is 15.0. The summed E-state index contributed by atoms with van der Waals surface area (Å²) in [6.45, 7) is 5.46. The predicted octanol–water partition coefficient (Wildman–Crippen LogP) is 4.39. The van der Waals surface area contributed by atoms with Gasteiger partial charge in [-0.15, -0.1) is 0 Å². The molecule has 0 heterocycles. The number of rotatable bonds is 7. The number of hydrogen-bond acceptors (Lipinski definition) is 5. The van der Waals surface area contributed by atoms with Crippen molar-refractivity contribution in [2.24, 2.45) is 0 Å². The van der Waals surface area contributed by atoms with Crippen LogP contribution in [0.1, 0.15) is 46.9 Å². The van der Waals surface area contributed by atoms with Gasteiger partial charge in [-0.1, -0.05) is 48.5 Å². The van der Waals surface area contributed by atoms with Gasteiger partial charge in [0.1, 0.15) is 5.75 Å². The van der Waals surface area contributed by atoms with Crippen molar-refractivity contribution in [3.8, 4) is 5.75 Å². The van der Waals surface area contributed by atoms with Crippen molar-refractivity contribution in [2.45, 2.75) is 39.3 Å². The Morgan fingerprint density at radius 3 is 2.22 bits per heavy atom. The maximum Gasteiger partial charge on any atom is 0.232 e. The molecular formula is C25H30N2O4S. The lowest BCUT2D eigenvalue weighted by Crippen LogP contribution is -2.35. The summed E-state index contributed by atoms with van der Waals surface area (Å²) >= 11 is 0. The molecule has 32 heavy (non-hydrogen) atoms. The van der Waals surface area contributed by atoms with Gasteiger partial charge in [0.05, 0.1) is 24.1 Å². The highest BCUT2D eigenvalue weighted by molar-refractivity contribution is 7.92. The standard InChI is InChI=1S/C25H30N2O4S/c1-16-10-11-20(14-17(16)2)23(15-19-8-6-5-7-9-19)27(32(4,30)31)22-13-12-21(26)24(18(3)28)25(22)29/h5-14,18,23,28-29H,15,26H2,1-4H3. The number of anilines is 2. The van der Waals surface area contributed by atoms with E-state index in [1.807, 2.05) is 62.4 Å². The molecule has 6 nitrogen and oxygen atoms in total. The Bertz CT molecular complexity index is 1210. The Morgan fingerprint density at radius 1 is 1.00 bits per heavy atom. The number of aryl methyl sites for hydroxylation is 2.